The molecule has 0 aliphatic carbocycles. The molecule has 66 valence electrons. The number of carbonyl (C=O) groups excluding carboxylic acids is 2. The highest BCUT2D eigenvalue weighted by atomic mass is 79.9. The average Bonchev–Trinajstić information content (AvgIpc) is 2.31. The van der Waals surface area contributed by atoms with Crippen LogP contribution in [0.2, 0.25) is 0 Å². The van der Waals surface area contributed by atoms with Gasteiger partial charge < -0.3 is 4.74 Å². The molecule has 5 heteroatoms. The van der Waals surface area contributed by atoms with Crippen LogP contribution in [-0.2, 0) is 4.74 Å². The lowest BCUT2D eigenvalue weighted by Gasteiger charge is -1.96. The summed E-state index contributed by atoms with van der Waals surface area (Å²) in [7, 11) is 0. The summed E-state index contributed by atoms with van der Waals surface area (Å²) in [6.45, 7) is 0. The molecule has 0 atom stereocenters. The first-order chi connectivity index (χ1) is 6.09. The molecular weight excluding hydrogens is 304 g/mol. The van der Waals surface area contributed by atoms with Gasteiger partial charge in [-0.3, -0.25) is 0 Å². The SMILES string of the molecule is O=C1OC(=O)c2cc(Br)c(Br)cc21. The topological polar surface area (TPSA) is 43.4 Å². The van der Waals surface area contributed by atoms with Gasteiger partial charge in [-0.15, -0.1) is 0 Å². The van der Waals surface area contributed by atoms with Crippen LogP contribution in [0.4, 0.5) is 0 Å². The van der Waals surface area contributed by atoms with Crippen molar-refractivity contribution >= 4 is 43.8 Å². The van der Waals surface area contributed by atoms with Crippen LogP contribution in [0.3, 0.4) is 0 Å². The Kier molecular flexibility index (Phi) is 2.00. The summed E-state index contributed by atoms with van der Waals surface area (Å²) in [6, 6.07) is 3.12. The lowest BCUT2D eigenvalue weighted by molar-refractivity contribution is 0.0444. The Hall–Kier alpha value is -0.680. The molecule has 0 bridgehead atoms. The number of carbonyl (C=O) groups is 2. The molecule has 0 radical (unpaired) electrons. The van der Waals surface area contributed by atoms with E-state index in [1.165, 1.54) is 0 Å². The predicted molar refractivity (Wildman–Crippen MR) is 51.6 cm³/mol. The Morgan fingerprint density at radius 2 is 1.31 bits per heavy atom. The number of cyclic esters (lactones) is 2. The second-order valence-corrected chi connectivity index (χ2v) is 4.20. The first kappa shape index (κ1) is 8.90. The monoisotopic (exact) mass is 304 g/mol. The molecule has 0 aromatic heterocycles. The van der Waals surface area contributed by atoms with Crippen molar-refractivity contribution in [1.82, 2.24) is 0 Å². The van der Waals surface area contributed by atoms with Crippen LogP contribution < -0.4 is 0 Å². The molecular formula is C8H2Br2O3. The van der Waals surface area contributed by atoms with Crippen molar-refractivity contribution in [2.45, 2.75) is 0 Å². The summed E-state index contributed by atoms with van der Waals surface area (Å²) in [5.74, 6) is -1.18. The minimum absolute atomic E-state index is 0.306. The number of esters is 2. The normalized spacial score (nSPS) is 14.3. The smallest absolute Gasteiger partial charge is 0.346 e. The van der Waals surface area contributed by atoms with E-state index in [1.54, 1.807) is 12.1 Å². The molecule has 1 aliphatic rings. The zero-order valence-corrected chi connectivity index (χ0v) is 9.31. The van der Waals surface area contributed by atoms with E-state index in [9.17, 15) is 9.59 Å². The first-order valence-corrected chi connectivity index (χ1v) is 4.94. The van der Waals surface area contributed by atoms with E-state index in [4.69, 9.17) is 0 Å². The van der Waals surface area contributed by atoms with Crippen molar-refractivity contribution in [1.29, 1.82) is 0 Å². The van der Waals surface area contributed by atoms with E-state index >= 15 is 0 Å². The minimum atomic E-state index is -0.590. The van der Waals surface area contributed by atoms with Crippen LogP contribution >= 0.6 is 31.9 Å². The highest BCUT2D eigenvalue weighted by molar-refractivity contribution is 9.13. The molecule has 13 heavy (non-hydrogen) atoms. The molecule has 2 rings (SSSR count). The van der Waals surface area contributed by atoms with Gasteiger partial charge in [0, 0.05) is 8.95 Å². The van der Waals surface area contributed by atoms with Crippen LogP contribution in [0.15, 0.2) is 21.1 Å². The van der Waals surface area contributed by atoms with Crippen LogP contribution in [0.5, 0.6) is 0 Å². The number of ether oxygens (including phenoxy) is 1. The van der Waals surface area contributed by atoms with Gasteiger partial charge in [0.2, 0.25) is 0 Å². The van der Waals surface area contributed by atoms with Crippen molar-refractivity contribution < 1.29 is 14.3 Å². The van der Waals surface area contributed by atoms with E-state index in [1.807, 2.05) is 0 Å². The largest absolute Gasteiger partial charge is 0.386 e. The Labute approximate surface area is 90.3 Å². The first-order valence-electron chi connectivity index (χ1n) is 3.35. The zero-order valence-electron chi connectivity index (χ0n) is 6.14. The van der Waals surface area contributed by atoms with Crippen molar-refractivity contribution in [3.05, 3.63) is 32.2 Å². The number of fused-ring (bicyclic) bond motifs is 1. The van der Waals surface area contributed by atoms with Crippen LogP contribution in [0, 0.1) is 0 Å². The van der Waals surface area contributed by atoms with Gasteiger partial charge in [0.1, 0.15) is 0 Å². The van der Waals surface area contributed by atoms with Crippen LogP contribution in [0.25, 0.3) is 0 Å². The maximum atomic E-state index is 11.1. The summed E-state index contributed by atoms with van der Waals surface area (Å²) in [6.07, 6.45) is 0. The lowest BCUT2D eigenvalue weighted by Crippen LogP contribution is -1.96. The fourth-order valence-electron chi connectivity index (χ4n) is 1.08. The summed E-state index contributed by atoms with van der Waals surface area (Å²) in [5.41, 5.74) is 0.611. The molecule has 1 heterocycles. The molecule has 0 fully saturated rings. The van der Waals surface area contributed by atoms with Crippen molar-refractivity contribution in [3.63, 3.8) is 0 Å². The molecule has 0 spiro atoms. The van der Waals surface area contributed by atoms with Gasteiger partial charge in [0.25, 0.3) is 0 Å². The molecule has 0 unspecified atom stereocenters. The zero-order chi connectivity index (χ0) is 9.59. The van der Waals surface area contributed by atoms with E-state index in [2.05, 4.69) is 36.6 Å². The summed E-state index contributed by atoms with van der Waals surface area (Å²) >= 11 is 6.46. The Bertz CT molecular complexity index is 387. The highest BCUT2D eigenvalue weighted by Crippen LogP contribution is 2.30. The molecule has 1 aromatic carbocycles. The summed E-state index contributed by atoms with van der Waals surface area (Å²) in [4.78, 5) is 22.1. The van der Waals surface area contributed by atoms with Crippen LogP contribution in [-0.4, -0.2) is 11.9 Å². The molecule has 0 saturated carbocycles. The number of rotatable bonds is 0. The van der Waals surface area contributed by atoms with Crippen molar-refractivity contribution in [2.75, 3.05) is 0 Å². The fourth-order valence-corrected chi connectivity index (χ4v) is 1.77. The Balaban J connectivity index is 2.72. The maximum Gasteiger partial charge on any atom is 0.346 e. The van der Waals surface area contributed by atoms with E-state index in [-0.39, 0.29) is 0 Å². The Morgan fingerprint density at radius 3 is 1.69 bits per heavy atom. The third-order valence-corrected chi connectivity index (χ3v) is 3.53. The summed E-state index contributed by atoms with van der Waals surface area (Å²) < 4.78 is 5.86. The fraction of sp³-hybridized carbons (Fsp3) is 0. The minimum Gasteiger partial charge on any atom is -0.386 e. The van der Waals surface area contributed by atoms with Gasteiger partial charge in [-0.2, -0.15) is 0 Å². The number of benzene rings is 1. The predicted octanol–water partition coefficient (Wildman–Crippen LogP) is 2.52. The standard InChI is InChI=1S/C8H2Br2O3/c9-5-1-3-4(2-6(5)10)8(12)13-7(3)11/h1-2H. The lowest BCUT2D eigenvalue weighted by atomic mass is 10.1. The van der Waals surface area contributed by atoms with Crippen molar-refractivity contribution in [2.24, 2.45) is 0 Å². The molecule has 0 amide bonds. The van der Waals surface area contributed by atoms with Crippen LogP contribution in [0.1, 0.15) is 20.7 Å². The molecule has 0 N–H and O–H groups in total. The van der Waals surface area contributed by atoms with E-state index in [0.29, 0.717) is 11.1 Å². The van der Waals surface area contributed by atoms with E-state index < -0.39 is 11.9 Å². The van der Waals surface area contributed by atoms with Gasteiger partial charge in [-0.1, -0.05) is 0 Å². The van der Waals surface area contributed by atoms with Gasteiger partial charge in [-0.25, -0.2) is 9.59 Å². The Morgan fingerprint density at radius 1 is 0.923 bits per heavy atom. The second kappa shape index (κ2) is 2.92. The van der Waals surface area contributed by atoms with Gasteiger partial charge >= 0.3 is 11.9 Å². The van der Waals surface area contributed by atoms with Gasteiger partial charge in [-0.05, 0) is 44.0 Å². The third-order valence-electron chi connectivity index (χ3n) is 1.69. The molecule has 0 saturated heterocycles. The molecule has 3 nitrogen and oxygen atoms in total. The number of halogens is 2. The highest BCUT2D eigenvalue weighted by Gasteiger charge is 2.30. The van der Waals surface area contributed by atoms with Gasteiger partial charge in [0.05, 0.1) is 11.1 Å². The van der Waals surface area contributed by atoms with Crippen molar-refractivity contribution in [3.8, 4) is 0 Å². The number of hydrogen-bond donors (Lipinski definition) is 0. The molecule has 1 aromatic rings. The summed E-state index contributed by atoms with van der Waals surface area (Å²) in [5, 5.41) is 0. The maximum absolute atomic E-state index is 11.1. The average molecular weight is 306 g/mol. The number of hydrogen-bond acceptors (Lipinski definition) is 3. The third kappa shape index (κ3) is 1.32. The molecule has 1 aliphatic heterocycles. The quantitative estimate of drug-likeness (QED) is 0.546. The second-order valence-electron chi connectivity index (χ2n) is 2.49. The van der Waals surface area contributed by atoms with Gasteiger partial charge in [0.15, 0.2) is 0 Å². The van der Waals surface area contributed by atoms with E-state index in [0.717, 1.165) is 8.95 Å².